The van der Waals surface area contributed by atoms with Crippen LogP contribution in [-0.2, 0) is 0 Å². The van der Waals surface area contributed by atoms with Crippen LogP contribution in [0.15, 0.2) is 35.4 Å². The van der Waals surface area contributed by atoms with Crippen LogP contribution in [0.25, 0.3) is 0 Å². The first-order chi connectivity index (χ1) is 7.09. The lowest BCUT2D eigenvalue weighted by atomic mass is 9.83. The Morgan fingerprint density at radius 1 is 1.06 bits per heavy atom. The monoisotopic (exact) mass is 240 g/mol. The molecule has 0 unspecified atom stereocenters. The zero-order valence-electron chi connectivity index (χ0n) is 11.5. The molecule has 0 fully saturated rings. The van der Waals surface area contributed by atoms with Crippen LogP contribution in [0, 0.1) is 10.8 Å². The second kappa shape index (κ2) is 5.72. The molecule has 1 heteroatoms. The predicted molar refractivity (Wildman–Crippen MR) is 75.7 cm³/mol. The molecule has 0 aromatic rings. The summed E-state index contributed by atoms with van der Waals surface area (Å²) in [6, 6.07) is 0. The molecule has 0 rings (SSSR count). The largest absolute Gasteiger partial charge is 0.103 e. The summed E-state index contributed by atoms with van der Waals surface area (Å²) in [5.41, 5.74) is 1.40. The summed E-state index contributed by atoms with van der Waals surface area (Å²) >= 11 is 6.33. The summed E-state index contributed by atoms with van der Waals surface area (Å²) in [6.45, 7) is 16.7. The summed E-state index contributed by atoms with van der Waals surface area (Å²) in [5.74, 6) is 0. The minimum Gasteiger partial charge on any atom is -0.103 e. The Morgan fingerprint density at radius 2 is 1.56 bits per heavy atom. The highest BCUT2D eigenvalue weighted by Gasteiger charge is 2.19. The molecule has 0 radical (unpaired) electrons. The van der Waals surface area contributed by atoms with Gasteiger partial charge in [-0.3, -0.25) is 0 Å². The Labute approximate surface area is 106 Å². The van der Waals surface area contributed by atoms with Gasteiger partial charge in [-0.25, -0.2) is 0 Å². The van der Waals surface area contributed by atoms with E-state index in [4.69, 9.17) is 11.6 Å². The summed E-state index contributed by atoms with van der Waals surface area (Å²) < 4.78 is 0. The average Bonchev–Trinajstić information content (AvgIpc) is 2.08. The van der Waals surface area contributed by atoms with Gasteiger partial charge in [-0.15, -0.1) is 6.58 Å². The van der Waals surface area contributed by atoms with Gasteiger partial charge in [-0.1, -0.05) is 65.3 Å². The van der Waals surface area contributed by atoms with Crippen LogP contribution in [0.5, 0.6) is 0 Å². The average molecular weight is 241 g/mol. The lowest BCUT2D eigenvalue weighted by Crippen LogP contribution is -2.11. The maximum atomic E-state index is 6.33. The van der Waals surface area contributed by atoms with Crippen molar-refractivity contribution in [3.05, 3.63) is 35.4 Å². The molecule has 0 nitrogen and oxygen atoms in total. The Balaban J connectivity index is 5.18. The first-order valence-corrected chi connectivity index (χ1v) is 6.16. The third-order valence-electron chi connectivity index (χ3n) is 2.37. The molecule has 0 N–H and O–H groups in total. The molecular formula is C15H25Cl. The van der Waals surface area contributed by atoms with Gasteiger partial charge in [0.15, 0.2) is 0 Å². The maximum Gasteiger partial charge on any atom is 0.0237 e. The van der Waals surface area contributed by atoms with Gasteiger partial charge < -0.3 is 0 Å². The van der Waals surface area contributed by atoms with Gasteiger partial charge in [0, 0.05) is 5.03 Å². The molecule has 0 amide bonds. The minimum absolute atomic E-state index is 0.0140. The molecule has 0 saturated carbocycles. The van der Waals surface area contributed by atoms with Crippen LogP contribution >= 0.6 is 11.6 Å². The van der Waals surface area contributed by atoms with Crippen molar-refractivity contribution in [1.29, 1.82) is 0 Å². The van der Waals surface area contributed by atoms with Crippen LogP contribution < -0.4 is 0 Å². The van der Waals surface area contributed by atoms with Crippen LogP contribution in [0.2, 0.25) is 0 Å². The van der Waals surface area contributed by atoms with Gasteiger partial charge in [-0.05, 0) is 28.9 Å². The van der Waals surface area contributed by atoms with Gasteiger partial charge in [0.2, 0.25) is 0 Å². The summed E-state index contributed by atoms with van der Waals surface area (Å²) in [5, 5.41) is 0.901. The minimum atomic E-state index is 0.0140. The number of hydrogen-bond acceptors (Lipinski definition) is 0. The summed E-state index contributed by atoms with van der Waals surface area (Å²) in [7, 11) is 0. The van der Waals surface area contributed by atoms with Crippen molar-refractivity contribution in [2.45, 2.75) is 48.0 Å². The van der Waals surface area contributed by atoms with E-state index in [1.165, 1.54) is 5.57 Å². The van der Waals surface area contributed by atoms with Gasteiger partial charge >= 0.3 is 0 Å². The third-order valence-corrected chi connectivity index (χ3v) is 3.05. The van der Waals surface area contributed by atoms with E-state index in [9.17, 15) is 0 Å². The molecule has 0 saturated heterocycles. The van der Waals surface area contributed by atoms with Crippen molar-refractivity contribution in [1.82, 2.24) is 0 Å². The predicted octanol–water partition coefficient (Wildman–Crippen LogP) is 5.70. The topological polar surface area (TPSA) is 0 Å². The van der Waals surface area contributed by atoms with Crippen molar-refractivity contribution >= 4 is 11.6 Å². The number of allylic oxidation sites excluding steroid dienone is 5. The molecule has 0 aliphatic carbocycles. The lowest BCUT2D eigenvalue weighted by Gasteiger charge is -2.24. The zero-order valence-corrected chi connectivity index (χ0v) is 12.3. The number of rotatable bonds is 3. The molecule has 16 heavy (non-hydrogen) atoms. The van der Waals surface area contributed by atoms with Crippen LogP contribution in [-0.4, -0.2) is 0 Å². The first kappa shape index (κ1) is 15.5. The summed E-state index contributed by atoms with van der Waals surface area (Å²) in [4.78, 5) is 0. The second-order valence-corrected chi connectivity index (χ2v) is 6.58. The second-order valence-electron chi connectivity index (χ2n) is 6.18. The quantitative estimate of drug-likeness (QED) is 0.438. The Kier molecular flexibility index (Phi) is 5.55. The fourth-order valence-corrected chi connectivity index (χ4v) is 1.26. The van der Waals surface area contributed by atoms with Crippen LogP contribution in [0.1, 0.15) is 48.0 Å². The molecule has 0 aliphatic heterocycles. The molecule has 0 aromatic heterocycles. The van der Waals surface area contributed by atoms with Crippen molar-refractivity contribution < 1.29 is 0 Å². The Hall–Kier alpha value is -0.490. The van der Waals surface area contributed by atoms with Gasteiger partial charge in [0.1, 0.15) is 0 Å². The Bertz CT molecular complexity index is 292. The Morgan fingerprint density at radius 3 is 1.88 bits per heavy atom. The highest BCUT2D eigenvalue weighted by molar-refractivity contribution is 6.30. The molecule has 0 aliphatic rings. The first-order valence-electron chi connectivity index (χ1n) is 5.78. The van der Waals surface area contributed by atoms with Crippen molar-refractivity contribution in [3.63, 3.8) is 0 Å². The number of hydrogen-bond donors (Lipinski definition) is 0. The highest BCUT2D eigenvalue weighted by Crippen LogP contribution is 2.34. The van der Waals surface area contributed by atoms with E-state index in [0.717, 1.165) is 11.5 Å². The summed E-state index contributed by atoms with van der Waals surface area (Å²) in [6.07, 6.45) is 7.09. The van der Waals surface area contributed by atoms with E-state index in [1.54, 1.807) is 0 Å². The molecule has 0 heterocycles. The van der Waals surface area contributed by atoms with Gasteiger partial charge in [0.05, 0.1) is 0 Å². The normalized spacial score (nSPS) is 15.2. The van der Waals surface area contributed by atoms with E-state index in [2.05, 4.69) is 60.3 Å². The molecule has 0 atom stereocenters. The van der Waals surface area contributed by atoms with Gasteiger partial charge in [-0.2, -0.15) is 0 Å². The van der Waals surface area contributed by atoms with Crippen molar-refractivity contribution in [3.8, 4) is 0 Å². The maximum absolute atomic E-state index is 6.33. The molecule has 92 valence electrons. The number of halogens is 1. The van der Waals surface area contributed by atoms with Crippen LogP contribution in [0.3, 0.4) is 0 Å². The van der Waals surface area contributed by atoms with Crippen molar-refractivity contribution in [2.24, 2.45) is 10.8 Å². The van der Waals surface area contributed by atoms with E-state index in [-0.39, 0.29) is 10.8 Å². The fourth-order valence-electron chi connectivity index (χ4n) is 1.14. The molecule has 0 spiro atoms. The molecule has 0 aromatic carbocycles. The molecular weight excluding hydrogens is 216 g/mol. The standard InChI is InChI=1S/C15H25Cl/c1-8-9-10-12(14(2,3)4)11-13(16)15(5,6)7/h8,10-11H,1,9H2,2-7H3/b12-10-,13-11+. The smallest absolute Gasteiger partial charge is 0.0237 e. The van der Waals surface area contributed by atoms with Crippen LogP contribution in [0.4, 0.5) is 0 Å². The van der Waals surface area contributed by atoms with Gasteiger partial charge in [0.25, 0.3) is 0 Å². The highest BCUT2D eigenvalue weighted by atomic mass is 35.5. The molecule has 0 bridgehead atoms. The SMILES string of the molecule is C=CC/C=C(/C=C(/Cl)C(C)(C)C)C(C)(C)C. The lowest BCUT2D eigenvalue weighted by molar-refractivity contribution is 0.503. The fraction of sp³-hybridized carbons (Fsp3) is 0.600. The van der Waals surface area contributed by atoms with E-state index in [0.29, 0.717) is 0 Å². The zero-order chi connectivity index (χ0) is 13.0. The third kappa shape index (κ3) is 5.55. The van der Waals surface area contributed by atoms with E-state index < -0.39 is 0 Å². The van der Waals surface area contributed by atoms with Crippen molar-refractivity contribution in [2.75, 3.05) is 0 Å². The van der Waals surface area contributed by atoms with E-state index >= 15 is 0 Å². The van der Waals surface area contributed by atoms with E-state index in [1.807, 2.05) is 6.08 Å².